The number of rotatable bonds is 3. The standard InChI is InChI=1S/C23H24ClN5O8/c1-9-6-28-15-11(5-23(17(28)10(2)36-9)19(30)25-21(32)26-20(23)31)4-13-16(14(15)24)37-27-18(13)29-12(7-34-3)8-35-22(29)33/h4,9-10,12,17H,5-8H2,1-3H3,(H2,25,26,30,31,32)/t9-,10+,12?,17-/m1/s1. The molecular weight excluding hydrogens is 510 g/mol. The molecule has 2 aromatic rings. The Hall–Kier alpha value is -3.42. The van der Waals surface area contributed by atoms with Crippen molar-refractivity contribution < 1.29 is 37.9 Å². The van der Waals surface area contributed by atoms with E-state index in [1.165, 1.54) is 12.0 Å². The first-order valence-electron chi connectivity index (χ1n) is 11.8. The molecule has 5 heterocycles. The minimum absolute atomic E-state index is 0.0667. The van der Waals surface area contributed by atoms with Gasteiger partial charge in [-0.2, -0.15) is 0 Å². The molecule has 0 radical (unpaired) electrons. The fraction of sp³-hybridized carbons (Fsp3) is 0.522. The highest BCUT2D eigenvalue weighted by Gasteiger charge is 2.63. The molecule has 13 nitrogen and oxygen atoms in total. The Morgan fingerprint density at radius 3 is 2.65 bits per heavy atom. The number of fused-ring (bicyclic) bond motifs is 5. The third-order valence-corrected chi connectivity index (χ3v) is 7.84. The molecule has 3 fully saturated rings. The number of benzene rings is 1. The topological polar surface area (TPSA) is 153 Å². The molecule has 1 aromatic heterocycles. The fourth-order valence-corrected chi connectivity index (χ4v) is 6.51. The van der Waals surface area contributed by atoms with Crippen molar-refractivity contribution in [3.63, 3.8) is 0 Å². The molecule has 0 saturated carbocycles. The lowest BCUT2D eigenvalue weighted by Crippen LogP contribution is -2.75. The summed E-state index contributed by atoms with van der Waals surface area (Å²) in [6.07, 6.45) is -1.46. The van der Waals surface area contributed by atoms with E-state index in [2.05, 4.69) is 15.8 Å². The van der Waals surface area contributed by atoms with Crippen molar-refractivity contribution in [1.82, 2.24) is 15.8 Å². The van der Waals surface area contributed by atoms with Crippen LogP contribution >= 0.6 is 11.6 Å². The number of carbonyl (C=O) groups excluding carboxylic acids is 4. The van der Waals surface area contributed by atoms with Crippen LogP contribution in [0.15, 0.2) is 10.6 Å². The van der Waals surface area contributed by atoms with E-state index < -0.39 is 47.5 Å². The van der Waals surface area contributed by atoms with Gasteiger partial charge < -0.3 is 23.6 Å². The Labute approximate surface area is 215 Å². The number of carbonyl (C=O) groups is 4. The number of imide groups is 2. The highest BCUT2D eigenvalue weighted by Crippen LogP contribution is 2.51. The first-order valence-corrected chi connectivity index (χ1v) is 12.2. The summed E-state index contributed by atoms with van der Waals surface area (Å²) in [7, 11) is 1.51. The number of ether oxygens (including phenoxy) is 3. The van der Waals surface area contributed by atoms with Crippen LogP contribution in [0.3, 0.4) is 0 Å². The van der Waals surface area contributed by atoms with Crippen molar-refractivity contribution in [1.29, 1.82) is 0 Å². The van der Waals surface area contributed by atoms with E-state index in [1.54, 1.807) is 13.0 Å². The van der Waals surface area contributed by atoms with Gasteiger partial charge in [0, 0.05) is 13.7 Å². The molecule has 3 saturated heterocycles. The van der Waals surface area contributed by atoms with Gasteiger partial charge in [0.05, 0.1) is 42.0 Å². The van der Waals surface area contributed by atoms with Gasteiger partial charge in [-0.15, -0.1) is 0 Å². The van der Waals surface area contributed by atoms with E-state index in [0.717, 1.165) is 0 Å². The number of barbiturate groups is 1. The van der Waals surface area contributed by atoms with Gasteiger partial charge in [0.25, 0.3) is 0 Å². The minimum Gasteiger partial charge on any atom is -0.447 e. The SMILES string of the molecule is COCC1COC(=O)N1c1noc2c(Cl)c3c(cc12)CC1(C(=O)NC(=O)NC1=O)[C@H]1[C@H](C)O[C@H](C)CN31. The van der Waals surface area contributed by atoms with E-state index in [4.69, 9.17) is 30.3 Å². The number of nitrogens with one attached hydrogen (secondary N) is 2. The van der Waals surface area contributed by atoms with Gasteiger partial charge in [-0.25, -0.2) is 14.5 Å². The number of urea groups is 1. The number of amides is 5. The second kappa shape index (κ2) is 8.30. The molecule has 4 atom stereocenters. The van der Waals surface area contributed by atoms with Crippen LogP contribution in [0.4, 0.5) is 21.1 Å². The maximum Gasteiger partial charge on any atom is 0.416 e. The highest BCUT2D eigenvalue weighted by molar-refractivity contribution is 6.38. The number of hydrogen-bond donors (Lipinski definition) is 2. The molecule has 1 unspecified atom stereocenters. The Morgan fingerprint density at radius 2 is 1.95 bits per heavy atom. The Bertz CT molecular complexity index is 1340. The summed E-state index contributed by atoms with van der Waals surface area (Å²) in [4.78, 5) is 54.5. The zero-order valence-electron chi connectivity index (χ0n) is 20.2. The van der Waals surface area contributed by atoms with Crippen LogP contribution in [-0.2, 0) is 30.2 Å². The largest absolute Gasteiger partial charge is 0.447 e. The second-order valence-corrected chi connectivity index (χ2v) is 10.1. The maximum atomic E-state index is 13.4. The number of cyclic esters (lactones) is 1. The summed E-state index contributed by atoms with van der Waals surface area (Å²) in [5.41, 5.74) is -0.264. The third-order valence-electron chi connectivity index (χ3n) is 7.49. The average molecular weight is 534 g/mol. The lowest BCUT2D eigenvalue weighted by Gasteiger charge is -2.55. The molecule has 1 aromatic carbocycles. The lowest BCUT2D eigenvalue weighted by molar-refractivity contribution is -0.153. The second-order valence-electron chi connectivity index (χ2n) is 9.77. The summed E-state index contributed by atoms with van der Waals surface area (Å²) in [5.74, 6) is -1.23. The predicted molar refractivity (Wildman–Crippen MR) is 127 cm³/mol. The molecule has 4 aliphatic heterocycles. The van der Waals surface area contributed by atoms with Gasteiger partial charge >= 0.3 is 12.1 Å². The number of hydrogen-bond acceptors (Lipinski definition) is 10. The number of halogens is 1. The normalized spacial score (nSPS) is 28.8. The van der Waals surface area contributed by atoms with Gasteiger partial charge in [-0.1, -0.05) is 16.8 Å². The van der Waals surface area contributed by atoms with Crippen molar-refractivity contribution >= 4 is 58.0 Å². The highest BCUT2D eigenvalue weighted by atomic mass is 35.5. The number of morpholine rings is 1. The maximum absolute atomic E-state index is 13.4. The molecule has 1 spiro atoms. The zero-order valence-corrected chi connectivity index (χ0v) is 21.0. The number of nitrogens with zero attached hydrogens (tertiary/aromatic N) is 3. The van der Waals surface area contributed by atoms with Crippen LogP contribution in [0.5, 0.6) is 0 Å². The van der Waals surface area contributed by atoms with Crippen LogP contribution < -0.4 is 20.4 Å². The molecule has 14 heteroatoms. The van der Waals surface area contributed by atoms with Crippen LogP contribution in [0.1, 0.15) is 19.4 Å². The Morgan fingerprint density at radius 1 is 1.22 bits per heavy atom. The van der Waals surface area contributed by atoms with Crippen LogP contribution in [0.2, 0.25) is 5.02 Å². The molecule has 0 aliphatic carbocycles. The molecule has 4 aliphatic rings. The molecule has 2 N–H and O–H groups in total. The van der Waals surface area contributed by atoms with Gasteiger partial charge in [0.2, 0.25) is 11.8 Å². The molecule has 6 rings (SSSR count). The van der Waals surface area contributed by atoms with E-state index in [9.17, 15) is 19.2 Å². The van der Waals surface area contributed by atoms with E-state index in [1.807, 2.05) is 11.8 Å². The van der Waals surface area contributed by atoms with Crippen LogP contribution in [0, 0.1) is 5.41 Å². The first-order chi connectivity index (χ1) is 17.7. The van der Waals surface area contributed by atoms with E-state index >= 15 is 0 Å². The summed E-state index contributed by atoms with van der Waals surface area (Å²) in [5, 5.41) is 9.29. The van der Waals surface area contributed by atoms with Crippen molar-refractivity contribution in [2.45, 2.75) is 44.6 Å². The van der Waals surface area contributed by atoms with Crippen molar-refractivity contribution in [2.75, 3.05) is 36.7 Å². The van der Waals surface area contributed by atoms with Gasteiger partial charge in [0.1, 0.15) is 11.6 Å². The minimum atomic E-state index is -1.67. The monoisotopic (exact) mass is 533 g/mol. The molecular formula is C23H24ClN5O8. The van der Waals surface area contributed by atoms with Crippen molar-refractivity contribution in [3.05, 3.63) is 16.7 Å². The predicted octanol–water partition coefficient (Wildman–Crippen LogP) is 1.34. The Kier molecular flexibility index (Phi) is 5.37. The lowest BCUT2D eigenvalue weighted by atomic mass is 9.66. The van der Waals surface area contributed by atoms with Gasteiger partial charge in [-0.3, -0.25) is 20.2 Å². The van der Waals surface area contributed by atoms with Gasteiger partial charge in [0.15, 0.2) is 16.8 Å². The molecule has 196 valence electrons. The van der Waals surface area contributed by atoms with Crippen LogP contribution in [-0.4, -0.2) is 80.3 Å². The molecule has 5 amide bonds. The Balaban J connectivity index is 1.55. The summed E-state index contributed by atoms with van der Waals surface area (Å²) in [6, 6.07) is -0.334. The van der Waals surface area contributed by atoms with Gasteiger partial charge in [-0.05, 0) is 31.9 Å². The molecule has 37 heavy (non-hydrogen) atoms. The summed E-state index contributed by atoms with van der Waals surface area (Å²) >= 11 is 6.92. The number of aromatic nitrogens is 1. The number of methoxy groups -OCH3 is 1. The van der Waals surface area contributed by atoms with Crippen molar-refractivity contribution in [3.8, 4) is 0 Å². The first kappa shape index (κ1) is 23.9. The molecule has 0 bridgehead atoms. The fourth-order valence-electron chi connectivity index (χ4n) is 6.15. The zero-order chi connectivity index (χ0) is 26.2. The summed E-state index contributed by atoms with van der Waals surface area (Å²) in [6.45, 7) is 4.32. The van der Waals surface area contributed by atoms with Crippen LogP contribution in [0.25, 0.3) is 11.0 Å². The van der Waals surface area contributed by atoms with E-state index in [-0.39, 0.29) is 42.2 Å². The van der Waals surface area contributed by atoms with Crippen molar-refractivity contribution in [2.24, 2.45) is 5.41 Å². The van der Waals surface area contributed by atoms with E-state index in [0.29, 0.717) is 23.2 Å². The average Bonchev–Trinajstić information content (AvgIpc) is 3.40. The number of anilines is 2. The quantitative estimate of drug-likeness (QED) is 0.553. The third kappa shape index (κ3) is 3.27. The smallest absolute Gasteiger partial charge is 0.416 e. The summed E-state index contributed by atoms with van der Waals surface area (Å²) < 4.78 is 22.1.